The van der Waals surface area contributed by atoms with E-state index < -0.39 is 0 Å². The molecule has 8 aromatic carbocycles. The zero-order chi connectivity index (χ0) is 37.7. The highest BCUT2D eigenvalue weighted by Gasteiger charge is 2.18. The van der Waals surface area contributed by atoms with Crippen molar-refractivity contribution in [2.24, 2.45) is 0 Å². The summed E-state index contributed by atoms with van der Waals surface area (Å²) in [5.74, 6) is 0.705. The molecule has 57 heavy (non-hydrogen) atoms. The predicted octanol–water partition coefficient (Wildman–Crippen LogP) is 14.5. The van der Waals surface area contributed by atoms with Crippen molar-refractivity contribution in [1.82, 2.24) is 15.0 Å². The summed E-state index contributed by atoms with van der Waals surface area (Å²) in [5.41, 5.74) is 12.7. The lowest BCUT2D eigenvalue weighted by Gasteiger charge is -2.13. The number of thiophene rings is 1. The van der Waals surface area contributed by atoms with E-state index in [1.807, 2.05) is 29.5 Å². The Labute approximate surface area is 334 Å². The SMILES string of the molecule is c1ccc(-c2nc(-c3ccc(-c4ccc5sc6c(ccc7c(-c8ccccc8)nc8ccccc8c76)c5c4)cc3)cc(-c3ccccc3-c3ccccc3)n2)cc1. The lowest BCUT2D eigenvalue weighted by atomic mass is 9.96. The zero-order valence-electron chi connectivity index (χ0n) is 30.8. The highest BCUT2D eigenvalue weighted by Crippen LogP contribution is 2.44. The van der Waals surface area contributed by atoms with Gasteiger partial charge in [0.2, 0.25) is 0 Å². The van der Waals surface area contributed by atoms with Gasteiger partial charge in [0.1, 0.15) is 0 Å². The molecule has 266 valence electrons. The van der Waals surface area contributed by atoms with Gasteiger partial charge in [0.15, 0.2) is 5.82 Å². The van der Waals surface area contributed by atoms with Crippen molar-refractivity contribution in [3.05, 3.63) is 200 Å². The van der Waals surface area contributed by atoms with Gasteiger partial charge in [0.05, 0.1) is 22.6 Å². The molecule has 0 saturated carbocycles. The minimum absolute atomic E-state index is 0.705. The second-order valence-corrected chi connectivity index (χ2v) is 15.4. The monoisotopic (exact) mass is 743 g/mol. The van der Waals surface area contributed by atoms with Crippen molar-refractivity contribution >= 4 is 53.2 Å². The van der Waals surface area contributed by atoms with Crippen molar-refractivity contribution in [2.75, 3.05) is 0 Å². The van der Waals surface area contributed by atoms with E-state index >= 15 is 0 Å². The van der Waals surface area contributed by atoms with Gasteiger partial charge in [-0.1, -0.05) is 176 Å². The van der Waals surface area contributed by atoms with Gasteiger partial charge in [-0.15, -0.1) is 11.3 Å². The maximum atomic E-state index is 5.17. The van der Waals surface area contributed by atoms with Gasteiger partial charge < -0.3 is 0 Å². The third-order valence-corrected chi connectivity index (χ3v) is 12.1. The van der Waals surface area contributed by atoms with Crippen molar-refractivity contribution in [2.45, 2.75) is 0 Å². The molecule has 0 aliphatic heterocycles. The molecule has 4 heteroatoms. The first-order chi connectivity index (χ1) is 28.2. The molecule has 0 saturated heterocycles. The molecule has 0 aliphatic carbocycles. The quantitative estimate of drug-likeness (QED) is 0.159. The molecule has 11 rings (SSSR count). The Hall–Kier alpha value is -7.27. The number of hydrogen-bond donors (Lipinski definition) is 0. The Bertz CT molecular complexity index is 3260. The first kappa shape index (κ1) is 33.1. The topological polar surface area (TPSA) is 38.7 Å². The number of benzene rings is 8. The zero-order valence-corrected chi connectivity index (χ0v) is 31.6. The van der Waals surface area contributed by atoms with Crippen LogP contribution in [-0.2, 0) is 0 Å². The van der Waals surface area contributed by atoms with E-state index in [0.29, 0.717) is 5.82 Å². The van der Waals surface area contributed by atoms with E-state index in [9.17, 15) is 0 Å². The van der Waals surface area contributed by atoms with Crippen LogP contribution in [0.5, 0.6) is 0 Å². The van der Waals surface area contributed by atoms with Crippen LogP contribution < -0.4 is 0 Å². The molecular weight excluding hydrogens is 711 g/mol. The van der Waals surface area contributed by atoms with Crippen molar-refractivity contribution in [1.29, 1.82) is 0 Å². The first-order valence-electron chi connectivity index (χ1n) is 19.2. The third-order valence-electron chi connectivity index (χ3n) is 10.9. The van der Waals surface area contributed by atoms with Gasteiger partial charge in [-0.3, -0.25) is 0 Å². The van der Waals surface area contributed by atoms with E-state index in [-0.39, 0.29) is 0 Å². The largest absolute Gasteiger partial charge is 0.247 e. The summed E-state index contributed by atoms with van der Waals surface area (Å²) in [5, 5.41) is 6.18. The Kier molecular flexibility index (Phi) is 8.01. The van der Waals surface area contributed by atoms with Crippen LogP contribution in [0.1, 0.15) is 0 Å². The fourth-order valence-electron chi connectivity index (χ4n) is 8.12. The lowest BCUT2D eigenvalue weighted by Crippen LogP contribution is -1.97. The van der Waals surface area contributed by atoms with Gasteiger partial charge in [-0.25, -0.2) is 15.0 Å². The number of rotatable bonds is 6. The van der Waals surface area contributed by atoms with E-state index in [1.165, 1.54) is 41.9 Å². The van der Waals surface area contributed by atoms with Crippen LogP contribution in [0.15, 0.2) is 200 Å². The van der Waals surface area contributed by atoms with Crippen LogP contribution in [0, 0.1) is 0 Å². The molecule has 0 radical (unpaired) electrons. The average molecular weight is 744 g/mol. The first-order valence-corrected chi connectivity index (χ1v) is 20.0. The average Bonchev–Trinajstić information content (AvgIpc) is 3.68. The van der Waals surface area contributed by atoms with E-state index in [4.69, 9.17) is 15.0 Å². The number of aromatic nitrogens is 3. The maximum absolute atomic E-state index is 5.17. The number of para-hydroxylation sites is 1. The fourth-order valence-corrected chi connectivity index (χ4v) is 9.37. The number of nitrogens with zero attached hydrogens (tertiary/aromatic N) is 3. The van der Waals surface area contributed by atoms with Crippen molar-refractivity contribution in [3.8, 4) is 67.4 Å². The summed E-state index contributed by atoms with van der Waals surface area (Å²) in [6.45, 7) is 0. The van der Waals surface area contributed by atoms with Crippen molar-refractivity contribution in [3.63, 3.8) is 0 Å². The molecule has 0 atom stereocenters. The molecule has 0 N–H and O–H groups in total. The van der Waals surface area contributed by atoms with Crippen LogP contribution >= 0.6 is 11.3 Å². The summed E-state index contributed by atoms with van der Waals surface area (Å²) >= 11 is 1.87. The number of hydrogen-bond acceptors (Lipinski definition) is 4. The fraction of sp³-hybridized carbons (Fsp3) is 0. The summed E-state index contributed by atoms with van der Waals surface area (Å²) < 4.78 is 2.58. The minimum atomic E-state index is 0.705. The molecule has 0 unspecified atom stereocenters. The predicted molar refractivity (Wildman–Crippen MR) is 240 cm³/mol. The van der Waals surface area contributed by atoms with Crippen LogP contribution in [-0.4, -0.2) is 15.0 Å². The van der Waals surface area contributed by atoms with Gasteiger partial charge in [-0.05, 0) is 46.5 Å². The molecule has 3 nitrogen and oxygen atoms in total. The third kappa shape index (κ3) is 5.86. The Morgan fingerprint density at radius 2 is 0.930 bits per heavy atom. The molecule has 0 bridgehead atoms. The van der Waals surface area contributed by atoms with Crippen LogP contribution in [0.25, 0.3) is 109 Å². The van der Waals surface area contributed by atoms with Crippen LogP contribution in [0.3, 0.4) is 0 Å². The molecular formula is C53H33N3S. The van der Waals surface area contributed by atoms with Crippen molar-refractivity contribution < 1.29 is 0 Å². The molecule has 3 heterocycles. The standard InChI is InChI=1S/C53H33N3S/c1-4-14-35(15-5-1)40-20-10-11-21-41(40)48-33-47(55-53(56-48)38-18-8-3-9-19-38)36-26-24-34(25-27-36)39-28-31-49-45(32-39)42-29-30-44-50(52(42)57-49)43-22-12-13-23-46(43)54-51(44)37-16-6-2-7-17-37/h1-33H. The molecule has 0 aliphatic rings. The summed E-state index contributed by atoms with van der Waals surface area (Å²) in [4.78, 5) is 15.4. The minimum Gasteiger partial charge on any atom is -0.247 e. The molecule has 11 aromatic rings. The van der Waals surface area contributed by atoms with Gasteiger partial charge >= 0.3 is 0 Å². The van der Waals surface area contributed by atoms with Gasteiger partial charge in [0.25, 0.3) is 0 Å². The molecule has 0 amide bonds. The Morgan fingerprint density at radius 3 is 1.70 bits per heavy atom. The normalized spacial score (nSPS) is 11.5. The van der Waals surface area contributed by atoms with E-state index in [2.05, 4.69) is 182 Å². The number of fused-ring (bicyclic) bond motifs is 7. The van der Waals surface area contributed by atoms with Gasteiger partial charge in [-0.2, -0.15) is 0 Å². The maximum Gasteiger partial charge on any atom is 0.160 e. The van der Waals surface area contributed by atoms with E-state index in [0.717, 1.165) is 61.5 Å². The number of pyridine rings is 1. The lowest BCUT2D eigenvalue weighted by molar-refractivity contribution is 1.18. The Balaban J connectivity index is 1.01. The second-order valence-electron chi connectivity index (χ2n) is 14.3. The van der Waals surface area contributed by atoms with Crippen LogP contribution in [0.4, 0.5) is 0 Å². The highest BCUT2D eigenvalue weighted by molar-refractivity contribution is 7.26. The van der Waals surface area contributed by atoms with Gasteiger partial charge in [0, 0.05) is 58.6 Å². The molecule has 3 aromatic heterocycles. The highest BCUT2D eigenvalue weighted by atomic mass is 32.1. The molecule has 0 spiro atoms. The summed E-state index contributed by atoms with van der Waals surface area (Å²) in [6.07, 6.45) is 0. The van der Waals surface area contributed by atoms with E-state index in [1.54, 1.807) is 0 Å². The smallest absolute Gasteiger partial charge is 0.160 e. The second kappa shape index (κ2) is 13.8. The summed E-state index contributed by atoms with van der Waals surface area (Å²) in [7, 11) is 0. The Morgan fingerprint density at radius 1 is 0.333 bits per heavy atom. The van der Waals surface area contributed by atoms with Crippen LogP contribution in [0.2, 0.25) is 0 Å². The summed E-state index contributed by atoms with van der Waals surface area (Å²) in [6, 6.07) is 70.7. The molecule has 0 fully saturated rings.